The molecule has 0 bridgehead atoms. The van der Waals surface area contributed by atoms with Crippen molar-refractivity contribution in [3.05, 3.63) is 102 Å². The highest BCUT2D eigenvalue weighted by Gasteiger charge is 2.35. The van der Waals surface area contributed by atoms with Crippen LogP contribution in [0.15, 0.2) is 94.4 Å². The van der Waals surface area contributed by atoms with Gasteiger partial charge >= 0.3 is 0 Å². The van der Waals surface area contributed by atoms with Crippen LogP contribution in [0.3, 0.4) is 0 Å². The Bertz CT molecular complexity index is 1590. The molecular weight excluding hydrogens is 500 g/mol. The number of nitrogens with zero attached hydrogens (tertiary/aromatic N) is 2. The Morgan fingerprint density at radius 3 is 2.24 bits per heavy atom. The molecule has 0 N–H and O–H groups in total. The maximum atomic E-state index is 13.3. The molecule has 0 spiro atoms. The lowest BCUT2D eigenvalue weighted by atomic mass is 9.99. The standard InChI is InChI=1S/C30H28N2O5S/c1-20-6-13-26(14-7-20)38(35,36)19-23-8-10-24(11-9-23)25-12-15-27-28(17-25)31(18-21(2)32(27)22(3)33)30(34)29-5-4-16-37-29/h4-17,21H,18-19H2,1-3H3/t21-/m0/s1. The van der Waals surface area contributed by atoms with Gasteiger partial charge in [-0.15, -0.1) is 0 Å². The van der Waals surface area contributed by atoms with E-state index in [4.69, 9.17) is 4.42 Å². The summed E-state index contributed by atoms with van der Waals surface area (Å²) in [4.78, 5) is 29.4. The normalized spacial score (nSPS) is 15.3. The molecule has 0 saturated heterocycles. The Morgan fingerprint density at radius 1 is 0.921 bits per heavy atom. The van der Waals surface area contributed by atoms with Crippen molar-refractivity contribution in [3.63, 3.8) is 0 Å². The highest BCUT2D eigenvalue weighted by atomic mass is 32.2. The summed E-state index contributed by atoms with van der Waals surface area (Å²) in [5.41, 5.74) is 4.65. The van der Waals surface area contributed by atoms with Crippen molar-refractivity contribution in [2.45, 2.75) is 37.5 Å². The first-order valence-corrected chi connectivity index (χ1v) is 14.0. The Morgan fingerprint density at radius 2 is 1.61 bits per heavy atom. The zero-order chi connectivity index (χ0) is 27.0. The van der Waals surface area contributed by atoms with Crippen LogP contribution in [-0.4, -0.2) is 32.8 Å². The summed E-state index contributed by atoms with van der Waals surface area (Å²) < 4.78 is 31.1. The zero-order valence-electron chi connectivity index (χ0n) is 21.4. The summed E-state index contributed by atoms with van der Waals surface area (Å²) in [6, 6.07) is 22.9. The average Bonchev–Trinajstić information content (AvgIpc) is 3.43. The van der Waals surface area contributed by atoms with E-state index in [2.05, 4.69) is 0 Å². The first-order chi connectivity index (χ1) is 18.1. The van der Waals surface area contributed by atoms with Crippen LogP contribution in [0, 0.1) is 6.92 Å². The number of amides is 2. The smallest absolute Gasteiger partial charge is 0.294 e. The van der Waals surface area contributed by atoms with E-state index < -0.39 is 9.84 Å². The summed E-state index contributed by atoms with van der Waals surface area (Å²) in [6.07, 6.45) is 1.46. The van der Waals surface area contributed by atoms with Gasteiger partial charge in [0.25, 0.3) is 5.91 Å². The van der Waals surface area contributed by atoms with Crippen molar-refractivity contribution in [2.24, 2.45) is 0 Å². The molecule has 7 nitrogen and oxygen atoms in total. The van der Waals surface area contributed by atoms with Crippen LogP contribution >= 0.6 is 0 Å². The monoisotopic (exact) mass is 528 g/mol. The second-order valence-corrected chi connectivity index (χ2v) is 11.6. The molecule has 0 aliphatic carbocycles. The van der Waals surface area contributed by atoms with E-state index in [-0.39, 0.29) is 29.4 Å². The van der Waals surface area contributed by atoms with Gasteiger partial charge in [0.1, 0.15) is 0 Å². The van der Waals surface area contributed by atoms with E-state index in [0.29, 0.717) is 28.4 Å². The minimum Gasteiger partial charge on any atom is -0.459 e. The third-order valence-corrected chi connectivity index (χ3v) is 8.46. The molecular formula is C30H28N2O5S. The van der Waals surface area contributed by atoms with Gasteiger partial charge in [0.05, 0.1) is 34.3 Å². The molecule has 0 radical (unpaired) electrons. The maximum Gasteiger partial charge on any atom is 0.294 e. The second-order valence-electron chi connectivity index (χ2n) is 9.60. The molecule has 2 amide bonds. The van der Waals surface area contributed by atoms with Gasteiger partial charge in [-0.1, -0.05) is 48.0 Å². The molecule has 1 aliphatic heterocycles. The van der Waals surface area contributed by atoms with E-state index >= 15 is 0 Å². The molecule has 8 heteroatoms. The molecule has 1 aliphatic rings. The lowest BCUT2D eigenvalue weighted by Gasteiger charge is -2.40. The lowest BCUT2D eigenvalue weighted by Crippen LogP contribution is -2.51. The highest BCUT2D eigenvalue weighted by Crippen LogP contribution is 2.39. The van der Waals surface area contributed by atoms with Crippen LogP contribution < -0.4 is 9.80 Å². The Balaban J connectivity index is 1.46. The van der Waals surface area contributed by atoms with Gasteiger partial charge in [-0.3, -0.25) is 9.59 Å². The average molecular weight is 529 g/mol. The number of hydrogen-bond acceptors (Lipinski definition) is 5. The number of rotatable bonds is 5. The van der Waals surface area contributed by atoms with Gasteiger partial charge in [0, 0.05) is 13.5 Å². The van der Waals surface area contributed by atoms with Crippen molar-refractivity contribution >= 4 is 33.0 Å². The fourth-order valence-corrected chi connectivity index (χ4v) is 6.20. The molecule has 0 unspecified atom stereocenters. The number of benzene rings is 3. The Labute approximate surface area is 222 Å². The van der Waals surface area contributed by atoms with Crippen molar-refractivity contribution in [1.82, 2.24) is 0 Å². The van der Waals surface area contributed by atoms with E-state index in [1.54, 1.807) is 58.3 Å². The molecule has 0 saturated carbocycles. The molecule has 194 valence electrons. The van der Waals surface area contributed by atoms with Gasteiger partial charge < -0.3 is 14.2 Å². The van der Waals surface area contributed by atoms with Crippen LogP contribution in [0.1, 0.15) is 35.5 Å². The summed E-state index contributed by atoms with van der Waals surface area (Å²) in [5.74, 6) is -0.253. The van der Waals surface area contributed by atoms with E-state index in [1.165, 1.54) is 13.2 Å². The molecule has 3 aromatic carbocycles. The number of anilines is 2. The molecule has 2 heterocycles. The number of furan rings is 1. The number of sulfone groups is 1. The molecule has 38 heavy (non-hydrogen) atoms. The van der Waals surface area contributed by atoms with E-state index in [1.807, 2.05) is 44.2 Å². The first kappa shape index (κ1) is 25.5. The van der Waals surface area contributed by atoms with Gasteiger partial charge in [-0.05, 0) is 66.9 Å². The van der Waals surface area contributed by atoms with E-state index in [9.17, 15) is 18.0 Å². The predicted molar refractivity (Wildman–Crippen MR) is 147 cm³/mol. The fourth-order valence-electron chi connectivity index (χ4n) is 4.85. The number of hydrogen-bond donors (Lipinski definition) is 0. The lowest BCUT2D eigenvalue weighted by molar-refractivity contribution is -0.117. The Kier molecular flexibility index (Phi) is 6.67. The quantitative estimate of drug-likeness (QED) is 0.335. The third kappa shape index (κ3) is 4.87. The predicted octanol–water partition coefficient (Wildman–Crippen LogP) is 5.63. The van der Waals surface area contributed by atoms with Gasteiger partial charge in [0.15, 0.2) is 15.6 Å². The molecule has 0 fully saturated rings. The second kappa shape index (κ2) is 9.95. The van der Waals surface area contributed by atoms with E-state index in [0.717, 1.165) is 16.7 Å². The molecule has 1 aromatic heterocycles. The van der Waals surface area contributed by atoms with Crippen LogP contribution in [0.4, 0.5) is 11.4 Å². The van der Waals surface area contributed by atoms with Gasteiger partial charge in [-0.2, -0.15) is 0 Å². The number of aryl methyl sites for hydroxylation is 1. The van der Waals surface area contributed by atoms with Crippen molar-refractivity contribution < 1.29 is 22.4 Å². The summed E-state index contributed by atoms with van der Waals surface area (Å²) in [7, 11) is -3.47. The van der Waals surface area contributed by atoms with Crippen LogP contribution in [0.25, 0.3) is 11.1 Å². The number of carbonyl (C=O) groups excluding carboxylic acids is 2. The van der Waals surface area contributed by atoms with Crippen LogP contribution in [0.2, 0.25) is 0 Å². The fraction of sp³-hybridized carbons (Fsp3) is 0.200. The SMILES string of the molecule is CC(=O)N1c2ccc(-c3ccc(CS(=O)(=O)c4ccc(C)cc4)cc3)cc2N(C(=O)c2ccco2)C[C@@H]1C. The number of fused-ring (bicyclic) bond motifs is 1. The van der Waals surface area contributed by atoms with Crippen LogP contribution in [-0.2, 0) is 20.4 Å². The van der Waals surface area contributed by atoms with Crippen molar-refractivity contribution in [1.29, 1.82) is 0 Å². The zero-order valence-corrected chi connectivity index (χ0v) is 22.2. The molecule has 4 aromatic rings. The molecule has 1 atom stereocenters. The highest BCUT2D eigenvalue weighted by molar-refractivity contribution is 7.90. The van der Waals surface area contributed by atoms with Crippen molar-refractivity contribution in [3.8, 4) is 11.1 Å². The van der Waals surface area contributed by atoms with Crippen molar-refractivity contribution in [2.75, 3.05) is 16.3 Å². The third-order valence-electron chi connectivity index (χ3n) is 6.75. The van der Waals surface area contributed by atoms with Crippen LogP contribution in [0.5, 0.6) is 0 Å². The first-order valence-electron chi connectivity index (χ1n) is 12.3. The minimum atomic E-state index is -3.47. The summed E-state index contributed by atoms with van der Waals surface area (Å²) in [5, 5.41) is 0. The Hall–Kier alpha value is -4.17. The van der Waals surface area contributed by atoms with Gasteiger partial charge in [-0.25, -0.2) is 8.42 Å². The topological polar surface area (TPSA) is 87.9 Å². The summed E-state index contributed by atoms with van der Waals surface area (Å²) >= 11 is 0. The number of carbonyl (C=O) groups is 2. The van der Waals surface area contributed by atoms with Gasteiger partial charge in [0.2, 0.25) is 5.91 Å². The summed E-state index contributed by atoms with van der Waals surface area (Å²) in [6.45, 7) is 5.66. The molecule has 5 rings (SSSR count). The maximum absolute atomic E-state index is 13.3. The minimum absolute atomic E-state index is 0.0998. The largest absolute Gasteiger partial charge is 0.459 e.